The summed E-state index contributed by atoms with van der Waals surface area (Å²) in [6.07, 6.45) is -4.12. The van der Waals surface area contributed by atoms with Gasteiger partial charge in [-0.25, -0.2) is 0 Å². The molecule has 0 aliphatic carbocycles. The van der Waals surface area contributed by atoms with Gasteiger partial charge in [-0.1, -0.05) is 0 Å². The van der Waals surface area contributed by atoms with Crippen LogP contribution in [0.3, 0.4) is 0 Å². The van der Waals surface area contributed by atoms with Gasteiger partial charge in [0.05, 0.1) is 0 Å². The predicted octanol–water partition coefficient (Wildman–Crippen LogP) is 0.499. The second kappa shape index (κ2) is 2.98. The molecule has 0 amide bonds. The van der Waals surface area contributed by atoms with Gasteiger partial charge in [-0.3, -0.25) is 0 Å². The van der Waals surface area contributed by atoms with Gasteiger partial charge in [0.25, 0.3) is 0 Å². The van der Waals surface area contributed by atoms with E-state index < -0.39 is 12.2 Å². The van der Waals surface area contributed by atoms with Crippen LogP contribution < -0.4 is 10.6 Å². The number of hydrogen-bond donors (Lipinski definition) is 2. The highest BCUT2D eigenvalue weighted by Gasteiger charge is 2.41. The predicted molar refractivity (Wildman–Crippen MR) is 35.3 cm³/mol. The fourth-order valence-corrected chi connectivity index (χ4v) is 1.12. The van der Waals surface area contributed by atoms with E-state index in [1.807, 2.05) is 0 Å². The van der Waals surface area contributed by atoms with Crippen molar-refractivity contribution in [2.75, 3.05) is 13.1 Å². The molecule has 1 rings (SSSR count). The van der Waals surface area contributed by atoms with Crippen molar-refractivity contribution in [2.45, 2.75) is 25.2 Å². The molecule has 2 N–H and O–H groups in total. The van der Waals surface area contributed by atoms with E-state index in [-0.39, 0.29) is 12.6 Å². The summed E-state index contributed by atoms with van der Waals surface area (Å²) in [7, 11) is 0. The highest BCUT2D eigenvalue weighted by atomic mass is 19.4. The maximum Gasteiger partial charge on any atom is 0.405 e. The third kappa shape index (κ3) is 2.34. The fraction of sp³-hybridized carbons (Fsp3) is 1.00. The molecule has 0 spiro atoms. The Labute approximate surface area is 63.2 Å². The Hall–Kier alpha value is -0.290. The standard InChI is InChI=1S/C6H11F3N2/c1-4-2-10-3-5(11-4)6(7,8)9/h4-5,10-11H,2-3H2,1H3. The van der Waals surface area contributed by atoms with Crippen molar-refractivity contribution in [2.24, 2.45) is 0 Å². The topological polar surface area (TPSA) is 24.1 Å². The minimum atomic E-state index is -4.12. The summed E-state index contributed by atoms with van der Waals surface area (Å²) in [5.41, 5.74) is 0. The fourth-order valence-electron chi connectivity index (χ4n) is 1.12. The van der Waals surface area contributed by atoms with E-state index in [1.165, 1.54) is 0 Å². The van der Waals surface area contributed by atoms with E-state index >= 15 is 0 Å². The molecule has 0 bridgehead atoms. The van der Waals surface area contributed by atoms with E-state index in [9.17, 15) is 13.2 Å². The van der Waals surface area contributed by atoms with E-state index in [2.05, 4.69) is 10.6 Å². The zero-order chi connectivity index (χ0) is 8.48. The molecule has 5 heteroatoms. The third-order valence-corrected chi connectivity index (χ3v) is 1.68. The highest BCUT2D eigenvalue weighted by Crippen LogP contribution is 2.20. The van der Waals surface area contributed by atoms with Gasteiger partial charge in [0.15, 0.2) is 0 Å². The third-order valence-electron chi connectivity index (χ3n) is 1.68. The molecule has 0 aromatic carbocycles. The van der Waals surface area contributed by atoms with Crippen molar-refractivity contribution in [3.05, 3.63) is 0 Å². The van der Waals surface area contributed by atoms with Crippen LogP contribution in [0.25, 0.3) is 0 Å². The number of halogens is 3. The molecule has 2 unspecified atom stereocenters. The lowest BCUT2D eigenvalue weighted by Crippen LogP contribution is -2.59. The monoisotopic (exact) mass is 168 g/mol. The summed E-state index contributed by atoms with van der Waals surface area (Å²) in [6, 6.07) is -1.48. The first-order chi connectivity index (χ1) is 5.00. The van der Waals surface area contributed by atoms with Gasteiger partial charge in [-0.2, -0.15) is 13.2 Å². The van der Waals surface area contributed by atoms with Crippen LogP contribution in [0.5, 0.6) is 0 Å². The van der Waals surface area contributed by atoms with Crippen LogP contribution >= 0.6 is 0 Å². The van der Waals surface area contributed by atoms with Crippen LogP contribution in [0.4, 0.5) is 13.2 Å². The van der Waals surface area contributed by atoms with Crippen LogP contribution in [0, 0.1) is 0 Å². The molecule has 0 saturated carbocycles. The largest absolute Gasteiger partial charge is 0.405 e. The van der Waals surface area contributed by atoms with Gasteiger partial charge in [0.1, 0.15) is 6.04 Å². The first-order valence-electron chi connectivity index (χ1n) is 3.53. The van der Waals surface area contributed by atoms with E-state index in [4.69, 9.17) is 0 Å². The van der Waals surface area contributed by atoms with Crippen LogP contribution in [-0.2, 0) is 0 Å². The summed E-state index contributed by atoms with van der Waals surface area (Å²) < 4.78 is 36.0. The van der Waals surface area contributed by atoms with Crippen molar-refractivity contribution in [3.8, 4) is 0 Å². The Bertz CT molecular complexity index is 134. The average Bonchev–Trinajstić information content (AvgIpc) is 1.86. The lowest BCUT2D eigenvalue weighted by molar-refractivity contribution is -0.159. The Balaban J connectivity index is 2.46. The molecule has 0 aromatic heterocycles. The minimum Gasteiger partial charge on any atom is -0.313 e. The second-order valence-corrected chi connectivity index (χ2v) is 2.82. The molecule has 1 aliphatic heterocycles. The van der Waals surface area contributed by atoms with Crippen LogP contribution in [0.2, 0.25) is 0 Å². The van der Waals surface area contributed by atoms with Gasteiger partial charge >= 0.3 is 6.18 Å². The number of hydrogen-bond acceptors (Lipinski definition) is 2. The molecular formula is C6H11F3N2. The molecule has 11 heavy (non-hydrogen) atoms. The zero-order valence-electron chi connectivity index (χ0n) is 6.20. The summed E-state index contributed by atoms with van der Waals surface area (Å²) in [5, 5.41) is 5.18. The van der Waals surface area contributed by atoms with Crippen molar-refractivity contribution >= 4 is 0 Å². The molecule has 1 heterocycles. The molecule has 1 aliphatic rings. The smallest absolute Gasteiger partial charge is 0.313 e. The van der Waals surface area contributed by atoms with Crippen molar-refractivity contribution in [1.29, 1.82) is 0 Å². The summed E-state index contributed by atoms with van der Waals surface area (Å²) in [5.74, 6) is 0. The summed E-state index contributed by atoms with van der Waals surface area (Å²) in [6.45, 7) is 2.31. The second-order valence-electron chi connectivity index (χ2n) is 2.82. The van der Waals surface area contributed by atoms with E-state index in [1.54, 1.807) is 6.92 Å². The van der Waals surface area contributed by atoms with E-state index in [0.717, 1.165) is 0 Å². The normalized spacial score (nSPS) is 33.8. The lowest BCUT2D eigenvalue weighted by Gasteiger charge is -2.30. The molecule has 2 nitrogen and oxygen atoms in total. The number of alkyl halides is 3. The average molecular weight is 168 g/mol. The molecule has 1 saturated heterocycles. The lowest BCUT2D eigenvalue weighted by atomic mass is 10.1. The maximum absolute atomic E-state index is 12.0. The SMILES string of the molecule is CC1CNCC(C(F)(F)F)N1. The first-order valence-corrected chi connectivity index (χ1v) is 3.53. The van der Waals surface area contributed by atoms with Crippen molar-refractivity contribution in [3.63, 3.8) is 0 Å². The van der Waals surface area contributed by atoms with Gasteiger partial charge < -0.3 is 10.6 Å². The molecular weight excluding hydrogens is 157 g/mol. The zero-order valence-corrected chi connectivity index (χ0v) is 6.20. The number of rotatable bonds is 0. The van der Waals surface area contributed by atoms with Gasteiger partial charge in [0, 0.05) is 19.1 Å². The Morgan fingerprint density at radius 2 is 1.91 bits per heavy atom. The molecule has 2 atom stereocenters. The molecule has 66 valence electrons. The van der Waals surface area contributed by atoms with E-state index in [0.29, 0.717) is 6.54 Å². The van der Waals surface area contributed by atoms with Gasteiger partial charge in [-0.15, -0.1) is 0 Å². The number of nitrogens with one attached hydrogen (secondary N) is 2. The van der Waals surface area contributed by atoms with Crippen LogP contribution in [0.1, 0.15) is 6.92 Å². The van der Waals surface area contributed by atoms with Crippen LogP contribution in [-0.4, -0.2) is 31.3 Å². The maximum atomic E-state index is 12.0. The molecule has 0 radical (unpaired) electrons. The molecule has 0 aromatic rings. The first kappa shape index (κ1) is 8.80. The number of piperazine rings is 1. The quantitative estimate of drug-likeness (QED) is 0.550. The highest BCUT2D eigenvalue weighted by molar-refractivity contribution is 4.85. The van der Waals surface area contributed by atoms with Crippen molar-refractivity contribution in [1.82, 2.24) is 10.6 Å². The minimum absolute atomic E-state index is 0.0200. The Kier molecular flexibility index (Phi) is 2.39. The Morgan fingerprint density at radius 3 is 2.27 bits per heavy atom. The van der Waals surface area contributed by atoms with Crippen molar-refractivity contribution < 1.29 is 13.2 Å². The van der Waals surface area contributed by atoms with Crippen LogP contribution in [0.15, 0.2) is 0 Å². The van der Waals surface area contributed by atoms with Gasteiger partial charge in [0.2, 0.25) is 0 Å². The molecule has 1 fully saturated rings. The summed E-state index contributed by atoms with van der Waals surface area (Å²) in [4.78, 5) is 0. The summed E-state index contributed by atoms with van der Waals surface area (Å²) >= 11 is 0. The Morgan fingerprint density at radius 1 is 1.27 bits per heavy atom. The van der Waals surface area contributed by atoms with Gasteiger partial charge in [-0.05, 0) is 6.92 Å².